The molecule has 90 valence electrons. The Morgan fingerprint density at radius 1 is 1.56 bits per heavy atom. The van der Waals surface area contributed by atoms with Crippen molar-refractivity contribution in [2.75, 3.05) is 6.54 Å². The van der Waals surface area contributed by atoms with Crippen LogP contribution < -0.4 is 10.6 Å². The Morgan fingerprint density at radius 3 is 2.94 bits per heavy atom. The van der Waals surface area contributed by atoms with Crippen LogP contribution in [0.4, 0.5) is 0 Å². The van der Waals surface area contributed by atoms with Crippen molar-refractivity contribution in [1.82, 2.24) is 20.2 Å². The second-order valence-electron chi connectivity index (χ2n) is 4.00. The summed E-state index contributed by atoms with van der Waals surface area (Å²) >= 11 is 0. The fourth-order valence-electron chi connectivity index (χ4n) is 1.46. The van der Waals surface area contributed by atoms with Crippen LogP contribution in [0.2, 0.25) is 0 Å². The van der Waals surface area contributed by atoms with Crippen molar-refractivity contribution >= 4 is 5.91 Å². The van der Waals surface area contributed by atoms with Crippen molar-refractivity contribution in [2.24, 2.45) is 0 Å². The number of imidazole rings is 1. The molecule has 0 aromatic carbocycles. The van der Waals surface area contributed by atoms with Gasteiger partial charge in [0, 0.05) is 25.3 Å². The molecule has 0 spiro atoms. The largest absolute Gasteiger partial charge is 0.353 e. The van der Waals surface area contributed by atoms with E-state index in [9.17, 15) is 4.79 Å². The van der Waals surface area contributed by atoms with Gasteiger partial charge in [0.05, 0.1) is 18.6 Å². The van der Waals surface area contributed by atoms with Crippen molar-refractivity contribution in [3.8, 4) is 0 Å². The summed E-state index contributed by atoms with van der Waals surface area (Å²) in [6.07, 6.45) is 3.61. The van der Waals surface area contributed by atoms with Gasteiger partial charge in [0.2, 0.25) is 5.91 Å². The molecule has 1 heterocycles. The number of aromatic nitrogens is 2. The molecular weight excluding hydrogens is 204 g/mol. The van der Waals surface area contributed by atoms with Crippen LogP contribution in [0.5, 0.6) is 0 Å². The number of nitrogens with zero attached hydrogens (tertiary/aromatic N) is 2. The molecule has 0 aliphatic rings. The predicted molar refractivity (Wildman–Crippen MR) is 62.9 cm³/mol. The molecule has 0 unspecified atom stereocenters. The van der Waals surface area contributed by atoms with Gasteiger partial charge in [0.1, 0.15) is 0 Å². The molecule has 0 fully saturated rings. The summed E-state index contributed by atoms with van der Waals surface area (Å²) in [5.41, 5.74) is 1.10. The third kappa shape index (κ3) is 4.02. The van der Waals surface area contributed by atoms with Crippen LogP contribution in [-0.4, -0.2) is 28.0 Å². The Labute approximate surface area is 96.3 Å². The number of nitrogens with one attached hydrogen (secondary N) is 2. The number of carbonyl (C=O) groups is 1. The normalized spacial score (nSPS) is 10.8. The van der Waals surface area contributed by atoms with Crippen molar-refractivity contribution in [3.05, 3.63) is 18.2 Å². The molecule has 0 aliphatic heterocycles. The van der Waals surface area contributed by atoms with Crippen LogP contribution >= 0.6 is 0 Å². The summed E-state index contributed by atoms with van der Waals surface area (Å²) in [5.74, 6) is 0.0255. The molecule has 0 saturated carbocycles. The molecule has 0 atom stereocenters. The molecule has 1 aromatic rings. The van der Waals surface area contributed by atoms with E-state index in [-0.39, 0.29) is 11.9 Å². The van der Waals surface area contributed by atoms with Crippen LogP contribution in [-0.2, 0) is 17.9 Å². The molecule has 2 N–H and O–H groups in total. The predicted octanol–water partition coefficient (Wildman–Crippen LogP) is 0.517. The van der Waals surface area contributed by atoms with Crippen molar-refractivity contribution < 1.29 is 4.79 Å². The first-order valence-corrected chi connectivity index (χ1v) is 5.62. The molecule has 1 aromatic heterocycles. The maximum atomic E-state index is 11.3. The van der Waals surface area contributed by atoms with Crippen molar-refractivity contribution in [1.29, 1.82) is 0 Å². The van der Waals surface area contributed by atoms with E-state index < -0.39 is 0 Å². The highest BCUT2D eigenvalue weighted by molar-refractivity contribution is 5.78. The molecule has 5 heteroatoms. The zero-order valence-electron chi connectivity index (χ0n) is 10.2. The number of hydrogen-bond acceptors (Lipinski definition) is 3. The molecule has 0 aliphatic carbocycles. The lowest BCUT2D eigenvalue weighted by Crippen LogP contribution is -2.37. The lowest BCUT2D eigenvalue weighted by atomic mass is 10.4. The maximum Gasteiger partial charge on any atom is 0.234 e. The highest BCUT2D eigenvalue weighted by Gasteiger charge is 2.04. The van der Waals surface area contributed by atoms with Gasteiger partial charge < -0.3 is 15.2 Å². The first kappa shape index (κ1) is 12.7. The second kappa shape index (κ2) is 6.27. The van der Waals surface area contributed by atoms with Gasteiger partial charge in [-0.1, -0.05) is 0 Å². The molecule has 0 saturated heterocycles. The highest BCUT2D eigenvalue weighted by Crippen LogP contribution is 1.97. The standard InChI is InChI=1S/C11H20N4O/c1-4-15-8-13-6-10(15)5-12-7-11(16)14-9(2)3/h6,8-9,12H,4-5,7H2,1-3H3,(H,14,16). The second-order valence-corrected chi connectivity index (χ2v) is 4.00. The topological polar surface area (TPSA) is 59.0 Å². The summed E-state index contributed by atoms with van der Waals surface area (Å²) in [4.78, 5) is 15.4. The Bertz CT molecular complexity index is 332. The minimum atomic E-state index is 0.0255. The molecule has 0 radical (unpaired) electrons. The summed E-state index contributed by atoms with van der Waals surface area (Å²) in [6.45, 7) is 7.87. The zero-order chi connectivity index (χ0) is 12.0. The van der Waals surface area contributed by atoms with E-state index in [4.69, 9.17) is 0 Å². The molecular formula is C11H20N4O. The van der Waals surface area contributed by atoms with E-state index in [0.29, 0.717) is 13.1 Å². The van der Waals surface area contributed by atoms with Crippen molar-refractivity contribution in [3.63, 3.8) is 0 Å². The quantitative estimate of drug-likeness (QED) is 0.740. The number of carbonyl (C=O) groups excluding carboxylic acids is 1. The van der Waals surface area contributed by atoms with Crippen LogP contribution in [0, 0.1) is 0 Å². The van der Waals surface area contributed by atoms with Crippen LogP contribution in [0.1, 0.15) is 26.5 Å². The molecule has 1 amide bonds. The van der Waals surface area contributed by atoms with Crippen molar-refractivity contribution in [2.45, 2.75) is 39.9 Å². The third-order valence-electron chi connectivity index (χ3n) is 2.18. The van der Waals surface area contributed by atoms with Gasteiger partial charge in [-0.2, -0.15) is 0 Å². The average Bonchev–Trinajstić information content (AvgIpc) is 2.64. The minimum Gasteiger partial charge on any atom is -0.353 e. The summed E-state index contributed by atoms with van der Waals surface area (Å²) in [5, 5.41) is 5.92. The highest BCUT2D eigenvalue weighted by atomic mass is 16.1. The Kier molecular flexibility index (Phi) is 4.98. The van der Waals surface area contributed by atoms with Gasteiger partial charge in [0.25, 0.3) is 0 Å². The smallest absolute Gasteiger partial charge is 0.234 e. The molecule has 16 heavy (non-hydrogen) atoms. The third-order valence-corrected chi connectivity index (χ3v) is 2.18. The number of aryl methyl sites for hydroxylation is 1. The Balaban J connectivity index is 2.28. The summed E-state index contributed by atoms with van der Waals surface area (Å²) < 4.78 is 2.05. The lowest BCUT2D eigenvalue weighted by Gasteiger charge is -2.09. The Morgan fingerprint density at radius 2 is 2.31 bits per heavy atom. The van der Waals surface area contributed by atoms with E-state index in [1.165, 1.54) is 0 Å². The van der Waals surface area contributed by atoms with Gasteiger partial charge in [-0.3, -0.25) is 4.79 Å². The van der Waals surface area contributed by atoms with E-state index in [2.05, 4.69) is 22.5 Å². The van der Waals surface area contributed by atoms with Gasteiger partial charge in [0.15, 0.2) is 0 Å². The minimum absolute atomic E-state index is 0.0255. The number of rotatable bonds is 6. The maximum absolute atomic E-state index is 11.3. The van der Waals surface area contributed by atoms with Gasteiger partial charge in [-0.25, -0.2) is 4.98 Å². The van der Waals surface area contributed by atoms with E-state index in [1.807, 2.05) is 24.6 Å². The Hall–Kier alpha value is -1.36. The van der Waals surface area contributed by atoms with Gasteiger partial charge in [-0.15, -0.1) is 0 Å². The first-order valence-electron chi connectivity index (χ1n) is 5.62. The van der Waals surface area contributed by atoms with Crippen LogP contribution in [0.25, 0.3) is 0 Å². The van der Waals surface area contributed by atoms with Gasteiger partial charge in [-0.05, 0) is 20.8 Å². The monoisotopic (exact) mass is 224 g/mol. The first-order chi connectivity index (χ1) is 7.63. The summed E-state index contributed by atoms with van der Waals surface area (Å²) in [6, 6.07) is 0.190. The zero-order valence-corrected chi connectivity index (χ0v) is 10.2. The van der Waals surface area contributed by atoms with Crippen LogP contribution in [0.3, 0.4) is 0 Å². The molecule has 0 bridgehead atoms. The fourth-order valence-corrected chi connectivity index (χ4v) is 1.46. The van der Waals surface area contributed by atoms with E-state index in [1.54, 1.807) is 6.33 Å². The fraction of sp³-hybridized carbons (Fsp3) is 0.636. The SMILES string of the molecule is CCn1cncc1CNCC(=O)NC(C)C. The number of hydrogen-bond donors (Lipinski definition) is 2. The number of amides is 1. The van der Waals surface area contributed by atoms with Crippen LogP contribution in [0.15, 0.2) is 12.5 Å². The van der Waals surface area contributed by atoms with E-state index >= 15 is 0 Å². The average molecular weight is 224 g/mol. The van der Waals surface area contributed by atoms with E-state index in [0.717, 1.165) is 12.2 Å². The lowest BCUT2D eigenvalue weighted by molar-refractivity contribution is -0.120. The molecule has 1 rings (SSSR count). The van der Waals surface area contributed by atoms with Gasteiger partial charge >= 0.3 is 0 Å². The summed E-state index contributed by atoms with van der Waals surface area (Å²) in [7, 11) is 0. The molecule has 5 nitrogen and oxygen atoms in total.